The van der Waals surface area contributed by atoms with Crippen molar-refractivity contribution in [2.45, 2.75) is 43.2 Å². The number of carbonyl (C=O) groups excluding carboxylic acids is 1. The van der Waals surface area contributed by atoms with E-state index in [0.717, 1.165) is 48.1 Å². The molecule has 2 aromatic carbocycles. The summed E-state index contributed by atoms with van der Waals surface area (Å²) in [6.07, 6.45) is 3.27. The molecule has 0 unspecified atom stereocenters. The molecule has 1 aromatic heterocycles. The van der Waals surface area contributed by atoms with Crippen molar-refractivity contribution in [1.29, 1.82) is 0 Å². The zero-order valence-corrected chi connectivity index (χ0v) is 20.2. The first-order valence-electron chi connectivity index (χ1n) is 11.2. The van der Waals surface area contributed by atoms with Gasteiger partial charge in [-0.1, -0.05) is 36.0 Å². The third-order valence-electron chi connectivity index (χ3n) is 6.00. The lowest BCUT2D eigenvalue weighted by molar-refractivity contribution is -0.125. The van der Waals surface area contributed by atoms with Gasteiger partial charge in [-0.15, -0.1) is 0 Å². The monoisotopic (exact) mass is 462 g/mol. The number of benzene rings is 2. The van der Waals surface area contributed by atoms with Gasteiger partial charge in [0.15, 0.2) is 0 Å². The number of piperidine rings is 1. The first-order chi connectivity index (χ1) is 16.0. The fourth-order valence-corrected chi connectivity index (χ4v) is 4.90. The number of hydrogen-bond acceptors (Lipinski definition) is 6. The molecule has 3 aromatic rings. The Bertz CT molecular complexity index is 1100. The van der Waals surface area contributed by atoms with Gasteiger partial charge in [0, 0.05) is 36.5 Å². The van der Waals surface area contributed by atoms with E-state index in [1.807, 2.05) is 24.3 Å². The number of anilines is 1. The zero-order valence-electron chi connectivity index (χ0n) is 19.4. The van der Waals surface area contributed by atoms with Crippen LogP contribution in [0.4, 0.5) is 5.82 Å². The van der Waals surface area contributed by atoms with Gasteiger partial charge >= 0.3 is 0 Å². The molecule has 0 bridgehead atoms. The third kappa shape index (κ3) is 6.05. The number of ether oxygens (including phenoxy) is 1. The summed E-state index contributed by atoms with van der Waals surface area (Å²) in [6.45, 7) is 6.38. The van der Waals surface area contributed by atoms with Gasteiger partial charge in [-0.2, -0.15) is 0 Å². The van der Waals surface area contributed by atoms with Gasteiger partial charge < -0.3 is 15.0 Å². The molecule has 0 spiro atoms. The van der Waals surface area contributed by atoms with Crippen LogP contribution in [0.2, 0.25) is 0 Å². The smallest absolute Gasteiger partial charge is 0.223 e. The predicted molar refractivity (Wildman–Crippen MR) is 132 cm³/mol. The predicted octanol–water partition coefficient (Wildman–Crippen LogP) is 4.79. The van der Waals surface area contributed by atoms with Crippen LogP contribution in [-0.4, -0.2) is 36.1 Å². The van der Waals surface area contributed by atoms with Crippen molar-refractivity contribution in [1.82, 2.24) is 15.3 Å². The van der Waals surface area contributed by atoms with Crippen molar-refractivity contribution >= 4 is 23.5 Å². The average molecular weight is 463 g/mol. The number of aromatic nitrogens is 2. The van der Waals surface area contributed by atoms with Gasteiger partial charge in [0.1, 0.15) is 22.9 Å². The quantitative estimate of drug-likeness (QED) is 0.510. The first-order valence-corrected chi connectivity index (χ1v) is 12.1. The molecule has 0 aliphatic carbocycles. The average Bonchev–Trinajstić information content (AvgIpc) is 2.85. The van der Waals surface area contributed by atoms with Crippen molar-refractivity contribution in [3.63, 3.8) is 0 Å². The Labute approximate surface area is 199 Å². The van der Waals surface area contributed by atoms with Crippen molar-refractivity contribution < 1.29 is 9.53 Å². The minimum absolute atomic E-state index is 0.0325. The summed E-state index contributed by atoms with van der Waals surface area (Å²) in [6, 6.07) is 16.3. The molecule has 1 aliphatic rings. The summed E-state index contributed by atoms with van der Waals surface area (Å²) in [5.41, 5.74) is 3.55. The Balaban J connectivity index is 1.30. The highest BCUT2D eigenvalue weighted by Crippen LogP contribution is 2.31. The van der Waals surface area contributed by atoms with E-state index in [1.165, 1.54) is 16.0 Å². The Morgan fingerprint density at radius 1 is 1.09 bits per heavy atom. The second-order valence-electron chi connectivity index (χ2n) is 8.41. The number of methoxy groups -OCH3 is 1. The summed E-state index contributed by atoms with van der Waals surface area (Å²) in [4.78, 5) is 25.1. The number of aryl methyl sites for hydroxylation is 2. The van der Waals surface area contributed by atoms with Crippen molar-refractivity contribution in [3.8, 4) is 5.75 Å². The number of amides is 1. The van der Waals surface area contributed by atoms with Gasteiger partial charge in [0.2, 0.25) is 5.91 Å². The molecule has 0 saturated carbocycles. The van der Waals surface area contributed by atoms with Crippen LogP contribution >= 0.6 is 11.8 Å². The van der Waals surface area contributed by atoms with Crippen LogP contribution in [0.25, 0.3) is 0 Å². The van der Waals surface area contributed by atoms with Gasteiger partial charge in [0.05, 0.1) is 7.11 Å². The second-order valence-corrected chi connectivity index (χ2v) is 9.47. The molecule has 0 radical (unpaired) electrons. The van der Waals surface area contributed by atoms with E-state index in [-0.39, 0.29) is 11.8 Å². The fraction of sp³-hybridized carbons (Fsp3) is 0.346. The van der Waals surface area contributed by atoms with E-state index < -0.39 is 0 Å². The number of nitrogens with one attached hydrogen (secondary N) is 1. The van der Waals surface area contributed by atoms with E-state index in [9.17, 15) is 4.79 Å². The van der Waals surface area contributed by atoms with E-state index in [1.54, 1.807) is 25.2 Å². The SMILES string of the molecule is COc1ccc(CNC(=O)C2CCN(c3cc(Sc4cc(C)ccc4C)ncn3)CC2)cc1. The topological polar surface area (TPSA) is 67.3 Å². The van der Waals surface area contributed by atoms with Crippen molar-refractivity contribution in [3.05, 3.63) is 71.5 Å². The molecular formula is C26H30N4O2S. The van der Waals surface area contributed by atoms with Crippen molar-refractivity contribution in [2.75, 3.05) is 25.1 Å². The van der Waals surface area contributed by atoms with Crippen molar-refractivity contribution in [2.24, 2.45) is 5.92 Å². The van der Waals surface area contributed by atoms with E-state index in [2.05, 4.69) is 58.3 Å². The standard InChI is InChI=1S/C26H30N4O2S/c1-18-4-5-19(2)23(14-18)33-25-15-24(28-17-29-25)30-12-10-21(11-13-30)26(31)27-16-20-6-8-22(32-3)9-7-20/h4-9,14-15,17,21H,10-13,16H2,1-3H3,(H,27,31). The molecule has 1 aliphatic heterocycles. The highest BCUT2D eigenvalue weighted by atomic mass is 32.2. The summed E-state index contributed by atoms with van der Waals surface area (Å²) in [7, 11) is 1.65. The minimum Gasteiger partial charge on any atom is -0.497 e. The van der Waals surface area contributed by atoms with Crippen LogP contribution in [-0.2, 0) is 11.3 Å². The molecular weight excluding hydrogens is 432 g/mol. The number of hydrogen-bond donors (Lipinski definition) is 1. The van der Waals surface area contributed by atoms with E-state index in [4.69, 9.17) is 4.74 Å². The minimum atomic E-state index is 0.0325. The molecule has 33 heavy (non-hydrogen) atoms. The molecule has 172 valence electrons. The normalized spacial score (nSPS) is 14.2. The molecule has 7 heteroatoms. The first kappa shape index (κ1) is 23.1. The van der Waals surface area contributed by atoms with Crippen LogP contribution in [0.15, 0.2) is 64.8 Å². The lowest BCUT2D eigenvalue weighted by Crippen LogP contribution is -2.40. The molecule has 0 atom stereocenters. The van der Waals surface area contributed by atoms with Crippen LogP contribution in [0.3, 0.4) is 0 Å². The lowest BCUT2D eigenvalue weighted by Gasteiger charge is -2.32. The Morgan fingerprint density at radius 3 is 2.58 bits per heavy atom. The molecule has 4 rings (SSSR count). The highest BCUT2D eigenvalue weighted by Gasteiger charge is 2.25. The molecule has 1 N–H and O–H groups in total. The summed E-state index contributed by atoms with van der Waals surface area (Å²) in [5, 5.41) is 4.02. The second kappa shape index (κ2) is 10.7. The Hall–Kier alpha value is -3.06. The molecule has 1 saturated heterocycles. The highest BCUT2D eigenvalue weighted by molar-refractivity contribution is 7.99. The van der Waals surface area contributed by atoms with Gasteiger partial charge in [-0.05, 0) is 61.6 Å². The third-order valence-corrected chi connectivity index (χ3v) is 7.09. The maximum Gasteiger partial charge on any atom is 0.223 e. The maximum absolute atomic E-state index is 12.7. The molecule has 1 amide bonds. The van der Waals surface area contributed by atoms with Crippen LogP contribution in [0, 0.1) is 19.8 Å². The molecule has 1 fully saturated rings. The Kier molecular flexibility index (Phi) is 7.50. The molecule has 2 heterocycles. The summed E-state index contributed by atoms with van der Waals surface area (Å²) in [5.74, 6) is 1.90. The van der Waals surface area contributed by atoms with Gasteiger partial charge in [-0.3, -0.25) is 4.79 Å². The zero-order chi connectivity index (χ0) is 23.2. The Morgan fingerprint density at radius 2 is 1.85 bits per heavy atom. The molecule has 6 nitrogen and oxygen atoms in total. The lowest BCUT2D eigenvalue weighted by atomic mass is 9.96. The number of carbonyl (C=O) groups is 1. The van der Waals surface area contributed by atoms with E-state index >= 15 is 0 Å². The van der Waals surface area contributed by atoms with Gasteiger partial charge in [0.25, 0.3) is 0 Å². The maximum atomic E-state index is 12.7. The number of rotatable bonds is 7. The van der Waals surface area contributed by atoms with Crippen LogP contribution in [0.5, 0.6) is 5.75 Å². The van der Waals surface area contributed by atoms with E-state index in [0.29, 0.717) is 6.54 Å². The van der Waals surface area contributed by atoms with Crippen LogP contribution < -0.4 is 15.0 Å². The number of nitrogens with zero attached hydrogens (tertiary/aromatic N) is 3. The van der Waals surface area contributed by atoms with Gasteiger partial charge in [-0.25, -0.2) is 9.97 Å². The largest absolute Gasteiger partial charge is 0.497 e. The van der Waals surface area contributed by atoms with Crippen LogP contribution in [0.1, 0.15) is 29.5 Å². The summed E-state index contributed by atoms with van der Waals surface area (Å²) < 4.78 is 5.18. The fourth-order valence-electron chi connectivity index (χ4n) is 3.94. The summed E-state index contributed by atoms with van der Waals surface area (Å²) >= 11 is 1.67.